The third-order valence-corrected chi connectivity index (χ3v) is 6.08. The van der Waals surface area contributed by atoms with Crippen molar-refractivity contribution in [3.8, 4) is 5.75 Å². The molecule has 4 aromatic rings. The van der Waals surface area contributed by atoms with Crippen LogP contribution in [-0.2, 0) is 18.5 Å². The van der Waals surface area contributed by atoms with E-state index in [-0.39, 0.29) is 17.7 Å². The number of nitrogens with zero attached hydrogens (tertiary/aromatic N) is 2. The number of nitrogens with one attached hydrogen (secondary N) is 1. The molecule has 1 N–H and O–H groups in total. The maximum atomic E-state index is 13.2. The highest BCUT2D eigenvalue weighted by atomic mass is 16.5. The van der Waals surface area contributed by atoms with Crippen molar-refractivity contribution in [2.45, 2.75) is 32.4 Å². The van der Waals surface area contributed by atoms with Crippen molar-refractivity contribution >= 4 is 16.8 Å². The third-order valence-electron chi connectivity index (χ3n) is 6.08. The Hall–Kier alpha value is -3.60. The van der Waals surface area contributed by atoms with Crippen LogP contribution >= 0.6 is 0 Å². The second-order valence-electron chi connectivity index (χ2n) is 8.78. The summed E-state index contributed by atoms with van der Waals surface area (Å²) in [7, 11) is 0. The summed E-state index contributed by atoms with van der Waals surface area (Å²) in [6, 6.07) is 23.7. The summed E-state index contributed by atoms with van der Waals surface area (Å²) >= 11 is 0. The van der Waals surface area contributed by atoms with Crippen LogP contribution in [0.4, 0.5) is 0 Å². The molecule has 3 aromatic carbocycles. The van der Waals surface area contributed by atoms with Crippen LogP contribution in [-0.4, -0.2) is 21.5 Å². The molecule has 0 amide bonds. The first-order valence-corrected chi connectivity index (χ1v) is 10.5. The first-order chi connectivity index (χ1) is 14.9. The SMILES string of the molecule is CC1(C)COc2ccc(C(=O)Cn3c(=N)n(Cc4ccccc4)c4ccccc43)cc21. The molecule has 1 aliphatic rings. The molecule has 5 rings (SSSR count). The van der Waals surface area contributed by atoms with Gasteiger partial charge < -0.3 is 13.9 Å². The van der Waals surface area contributed by atoms with Gasteiger partial charge in [-0.05, 0) is 35.9 Å². The Morgan fingerprint density at radius 1 is 0.968 bits per heavy atom. The molecule has 0 atom stereocenters. The first kappa shape index (κ1) is 19.4. The van der Waals surface area contributed by atoms with Crippen molar-refractivity contribution in [3.63, 3.8) is 0 Å². The molecule has 2 heterocycles. The Bertz CT molecular complexity index is 1350. The number of ether oxygens (including phenoxy) is 1. The minimum absolute atomic E-state index is 0.00776. The van der Waals surface area contributed by atoms with Gasteiger partial charge in [-0.25, -0.2) is 0 Å². The van der Waals surface area contributed by atoms with Crippen molar-refractivity contribution in [1.29, 1.82) is 5.41 Å². The van der Waals surface area contributed by atoms with Crippen molar-refractivity contribution in [3.05, 3.63) is 95.1 Å². The average molecular weight is 412 g/mol. The average Bonchev–Trinajstić information content (AvgIpc) is 3.23. The van der Waals surface area contributed by atoms with Crippen LogP contribution in [0.1, 0.15) is 35.3 Å². The van der Waals surface area contributed by atoms with Gasteiger partial charge in [0.1, 0.15) is 5.75 Å². The minimum Gasteiger partial charge on any atom is -0.492 e. The zero-order valence-electron chi connectivity index (χ0n) is 17.8. The van der Waals surface area contributed by atoms with Crippen LogP contribution in [0.3, 0.4) is 0 Å². The lowest BCUT2D eigenvalue weighted by atomic mass is 9.86. The quantitative estimate of drug-likeness (QED) is 0.491. The van der Waals surface area contributed by atoms with Gasteiger partial charge in [0.25, 0.3) is 0 Å². The Morgan fingerprint density at radius 2 is 1.65 bits per heavy atom. The molecule has 31 heavy (non-hydrogen) atoms. The van der Waals surface area contributed by atoms with E-state index >= 15 is 0 Å². The number of carbonyl (C=O) groups is 1. The lowest BCUT2D eigenvalue weighted by molar-refractivity contribution is 0.0971. The molecule has 1 aromatic heterocycles. The molecule has 5 heteroatoms. The summed E-state index contributed by atoms with van der Waals surface area (Å²) in [5.41, 5.74) is 4.91. The summed E-state index contributed by atoms with van der Waals surface area (Å²) in [6.45, 7) is 5.59. The number of Topliss-reactive ketones (excluding diaryl/α,β-unsaturated/α-hetero) is 1. The van der Waals surface area contributed by atoms with Crippen LogP contribution in [0.15, 0.2) is 72.8 Å². The van der Waals surface area contributed by atoms with Gasteiger partial charge in [0.2, 0.25) is 5.62 Å². The van der Waals surface area contributed by atoms with E-state index in [4.69, 9.17) is 10.1 Å². The van der Waals surface area contributed by atoms with E-state index in [9.17, 15) is 4.79 Å². The van der Waals surface area contributed by atoms with Crippen LogP contribution in [0.25, 0.3) is 11.0 Å². The molecule has 1 aliphatic heterocycles. The van der Waals surface area contributed by atoms with E-state index in [1.54, 1.807) is 4.57 Å². The van der Waals surface area contributed by atoms with E-state index in [2.05, 4.69) is 26.0 Å². The first-order valence-electron chi connectivity index (χ1n) is 10.5. The number of fused-ring (bicyclic) bond motifs is 2. The molecular weight excluding hydrogens is 386 g/mol. The van der Waals surface area contributed by atoms with Gasteiger partial charge in [-0.3, -0.25) is 10.2 Å². The highest BCUT2D eigenvalue weighted by molar-refractivity contribution is 5.97. The van der Waals surface area contributed by atoms with Crippen molar-refractivity contribution < 1.29 is 9.53 Å². The fraction of sp³-hybridized carbons (Fsp3) is 0.231. The minimum atomic E-state index is -0.106. The lowest BCUT2D eigenvalue weighted by Gasteiger charge is -2.15. The Kier molecular flexibility index (Phi) is 4.54. The predicted molar refractivity (Wildman–Crippen MR) is 121 cm³/mol. The molecule has 0 bridgehead atoms. The van der Waals surface area contributed by atoms with Gasteiger partial charge >= 0.3 is 0 Å². The van der Waals surface area contributed by atoms with E-state index in [1.165, 1.54) is 0 Å². The molecule has 0 fully saturated rings. The highest BCUT2D eigenvalue weighted by Crippen LogP contribution is 2.38. The summed E-state index contributed by atoms with van der Waals surface area (Å²) in [5, 5.41) is 8.82. The Labute approximate surface area is 181 Å². The molecule has 156 valence electrons. The zero-order valence-corrected chi connectivity index (χ0v) is 17.8. The molecule has 0 saturated carbocycles. The fourth-order valence-corrected chi connectivity index (χ4v) is 4.31. The number of imidazole rings is 1. The van der Waals surface area contributed by atoms with E-state index in [0.29, 0.717) is 24.3 Å². The summed E-state index contributed by atoms with van der Waals surface area (Å²) in [5.74, 6) is 0.849. The number of carbonyl (C=O) groups excluding carboxylic acids is 1. The van der Waals surface area contributed by atoms with Gasteiger partial charge in [0.15, 0.2) is 5.78 Å². The van der Waals surface area contributed by atoms with Crippen LogP contribution < -0.4 is 10.4 Å². The van der Waals surface area contributed by atoms with E-state index < -0.39 is 0 Å². The second kappa shape index (κ2) is 7.27. The summed E-state index contributed by atoms with van der Waals surface area (Å²) in [4.78, 5) is 13.2. The Morgan fingerprint density at radius 3 is 2.39 bits per heavy atom. The fourth-order valence-electron chi connectivity index (χ4n) is 4.31. The van der Waals surface area contributed by atoms with Crippen molar-refractivity contribution in [2.24, 2.45) is 0 Å². The zero-order chi connectivity index (χ0) is 21.6. The molecule has 0 unspecified atom stereocenters. The van der Waals surface area contributed by atoms with Gasteiger partial charge in [-0.15, -0.1) is 0 Å². The molecule has 0 aliphatic carbocycles. The van der Waals surface area contributed by atoms with Crippen molar-refractivity contribution in [1.82, 2.24) is 9.13 Å². The number of hydrogen-bond acceptors (Lipinski definition) is 3. The molecule has 0 saturated heterocycles. The summed E-state index contributed by atoms with van der Waals surface area (Å²) in [6.07, 6.45) is 0. The van der Waals surface area contributed by atoms with Crippen LogP contribution in [0, 0.1) is 5.41 Å². The smallest absolute Gasteiger partial charge is 0.203 e. The summed E-state index contributed by atoms with van der Waals surface area (Å²) < 4.78 is 9.51. The van der Waals surface area contributed by atoms with Crippen LogP contribution in [0.5, 0.6) is 5.75 Å². The molecule has 0 spiro atoms. The molecular formula is C26H25N3O2. The standard InChI is InChI=1S/C26H25N3O2/c1-26(2)17-31-24-13-12-19(14-20(24)26)23(30)16-29-22-11-7-6-10-21(22)28(25(29)27)15-18-8-4-3-5-9-18/h3-14,27H,15-17H2,1-2H3. The maximum absolute atomic E-state index is 13.2. The van der Waals surface area contributed by atoms with Gasteiger partial charge in [0.05, 0.1) is 30.7 Å². The topological polar surface area (TPSA) is 60.0 Å². The predicted octanol–water partition coefficient (Wildman–Crippen LogP) is 4.52. The lowest BCUT2D eigenvalue weighted by Crippen LogP contribution is -2.27. The van der Waals surface area contributed by atoms with Gasteiger partial charge in [-0.2, -0.15) is 0 Å². The van der Waals surface area contributed by atoms with Gasteiger partial charge in [-0.1, -0.05) is 56.3 Å². The maximum Gasteiger partial charge on any atom is 0.203 e. The number of benzene rings is 3. The third kappa shape index (κ3) is 3.36. The van der Waals surface area contributed by atoms with Crippen molar-refractivity contribution in [2.75, 3.05) is 6.61 Å². The number of aromatic nitrogens is 2. The highest BCUT2D eigenvalue weighted by Gasteiger charge is 2.32. The largest absolute Gasteiger partial charge is 0.492 e. The Balaban J connectivity index is 1.52. The normalized spacial score (nSPS) is 14.4. The molecule has 5 nitrogen and oxygen atoms in total. The monoisotopic (exact) mass is 411 g/mol. The number of ketones is 1. The number of rotatable bonds is 5. The van der Waals surface area contributed by atoms with E-state index in [1.807, 2.05) is 65.2 Å². The van der Waals surface area contributed by atoms with Crippen LogP contribution in [0.2, 0.25) is 0 Å². The molecule has 0 radical (unpaired) electrons. The van der Waals surface area contributed by atoms with Gasteiger partial charge in [0, 0.05) is 16.5 Å². The number of para-hydroxylation sites is 2. The number of hydrogen-bond donors (Lipinski definition) is 1. The second-order valence-corrected chi connectivity index (χ2v) is 8.78. The van der Waals surface area contributed by atoms with E-state index in [0.717, 1.165) is 27.9 Å².